The molecule has 0 aliphatic carbocycles. The lowest BCUT2D eigenvalue weighted by molar-refractivity contribution is 0.277. The fourth-order valence-electron chi connectivity index (χ4n) is 0.963. The summed E-state index contributed by atoms with van der Waals surface area (Å²) in [5.41, 5.74) is 1.61. The summed E-state index contributed by atoms with van der Waals surface area (Å²) in [5.74, 6) is 0. The molecule has 0 unspecified atom stereocenters. The standard InChI is InChI=1S/C7H6N2OS2/c10-3-4-1-2-5-6(8-4)12-7(11)9-5/h1-2,10H,3H2,(H,9,11). The Labute approximate surface area is 77.7 Å². The summed E-state index contributed by atoms with van der Waals surface area (Å²) in [6.45, 7) is -0.0272. The van der Waals surface area contributed by atoms with E-state index in [1.807, 2.05) is 6.07 Å². The average Bonchev–Trinajstić information content (AvgIpc) is 2.43. The first-order chi connectivity index (χ1) is 5.79. The van der Waals surface area contributed by atoms with Gasteiger partial charge in [0.15, 0.2) is 3.95 Å². The summed E-state index contributed by atoms with van der Waals surface area (Å²) in [6, 6.07) is 3.65. The summed E-state index contributed by atoms with van der Waals surface area (Å²) in [7, 11) is 0. The van der Waals surface area contributed by atoms with Gasteiger partial charge in [0.05, 0.1) is 17.8 Å². The first-order valence-electron chi connectivity index (χ1n) is 3.39. The van der Waals surface area contributed by atoms with Crippen LogP contribution in [0.2, 0.25) is 0 Å². The SMILES string of the molecule is OCc1ccc2[nH]c(=S)sc2n1. The molecule has 2 N–H and O–H groups in total. The van der Waals surface area contributed by atoms with Crippen LogP contribution in [-0.4, -0.2) is 15.1 Å². The molecule has 3 nitrogen and oxygen atoms in total. The molecule has 0 fully saturated rings. The summed E-state index contributed by atoms with van der Waals surface area (Å²) in [5, 5.41) is 8.81. The van der Waals surface area contributed by atoms with E-state index in [4.69, 9.17) is 17.3 Å². The predicted molar refractivity (Wildman–Crippen MR) is 50.7 cm³/mol. The zero-order valence-electron chi connectivity index (χ0n) is 6.07. The number of aliphatic hydroxyl groups excluding tert-OH is 1. The van der Waals surface area contributed by atoms with E-state index >= 15 is 0 Å². The predicted octanol–water partition coefficient (Wildman–Crippen LogP) is 1.85. The lowest BCUT2D eigenvalue weighted by Crippen LogP contribution is -1.86. The highest BCUT2D eigenvalue weighted by Gasteiger charge is 1.99. The second kappa shape index (κ2) is 2.93. The molecular weight excluding hydrogens is 192 g/mol. The monoisotopic (exact) mass is 198 g/mol. The number of aromatic nitrogens is 2. The van der Waals surface area contributed by atoms with Crippen LogP contribution >= 0.6 is 23.6 Å². The molecular formula is C7H6N2OS2. The molecule has 0 aromatic carbocycles. The van der Waals surface area contributed by atoms with Crippen molar-refractivity contribution in [2.45, 2.75) is 6.61 Å². The largest absolute Gasteiger partial charge is 0.390 e. The third-order valence-electron chi connectivity index (χ3n) is 1.51. The van der Waals surface area contributed by atoms with E-state index in [2.05, 4.69) is 9.97 Å². The number of aromatic amines is 1. The van der Waals surface area contributed by atoms with Gasteiger partial charge in [-0.3, -0.25) is 0 Å². The van der Waals surface area contributed by atoms with Crippen molar-refractivity contribution >= 4 is 33.9 Å². The molecule has 0 bridgehead atoms. The smallest absolute Gasteiger partial charge is 0.160 e. The molecule has 0 saturated heterocycles. The highest BCUT2D eigenvalue weighted by Crippen LogP contribution is 2.16. The van der Waals surface area contributed by atoms with E-state index in [1.54, 1.807) is 6.07 Å². The zero-order valence-corrected chi connectivity index (χ0v) is 7.71. The van der Waals surface area contributed by atoms with Crippen molar-refractivity contribution in [2.24, 2.45) is 0 Å². The maximum Gasteiger partial charge on any atom is 0.160 e. The number of rotatable bonds is 1. The Morgan fingerprint density at radius 3 is 3.17 bits per heavy atom. The first kappa shape index (κ1) is 7.85. The summed E-state index contributed by atoms with van der Waals surface area (Å²) >= 11 is 6.37. The number of thiazole rings is 1. The number of fused-ring (bicyclic) bond motifs is 1. The van der Waals surface area contributed by atoms with Crippen LogP contribution in [-0.2, 0) is 6.61 Å². The van der Waals surface area contributed by atoms with Crippen LogP contribution in [0.1, 0.15) is 5.69 Å². The van der Waals surface area contributed by atoms with Crippen LogP contribution in [0.25, 0.3) is 10.3 Å². The Balaban J connectivity index is 2.74. The number of aliphatic hydroxyl groups is 1. The van der Waals surface area contributed by atoms with Crippen molar-refractivity contribution in [2.75, 3.05) is 0 Å². The third kappa shape index (κ3) is 1.26. The Kier molecular flexibility index (Phi) is 1.92. The van der Waals surface area contributed by atoms with Gasteiger partial charge in [0.1, 0.15) is 4.83 Å². The molecule has 12 heavy (non-hydrogen) atoms. The topological polar surface area (TPSA) is 48.9 Å². The van der Waals surface area contributed by atoms with E-state index in [0.717, 1.165) is 10.3 Å². The van der Waals surface area contributed by atoms with Crippen LogP contribution < -0.4 is 0 Å². The first-order valence-corrected chi connectivity index (χ1v) is 4.61. The summed E-state index contributed by atoms with van der Waals surface area (Å²) in [4.78, 5) is 8.04. The van der Waals surface area contributed by atoms with Gasteiger partial charge in [0.2, 0.25) is 0 Å². The van der Waals surface area contributed by atoms with Gasteiger partial charge in [-0.05, 0) is 24.4 Å². The van der Waals surface area contributed by atoms with Crippen LogP contribution in [0.5, 0.6) is 0 Å². The number of pyridine rings is 1. The number of nitrogens with zero attached hydrogens (tertiary/aromatic N) is 1. The molecule has 0 spiro atoms. The molecule has 2 rings (SSSR count). The Hall–Kier alpha value is -0.780. The van der Waals surface area contributed by atoms with E-state index in [-0.39, 0.29) is 6.61 Å². The summed E-state index contributed by atoms with van der Waals surface area (Å²) in [6.07, 6.45) is 0. The Morgan fingerprint density at radius 1 is 1.58 bits per heavy atom. The molecule has 0 amide bonds. The van der Waals surface area contributed by atoms with Crippen LogP contribution in [0, 0.1) is 3.95 Å². The average molecular weight is 198 g/mol. The van der Waals surface area contributed by atoms with Gasteiger partial charge in [0.25, 0.3) is 0 Å². The normalized spacial score (nSPS) is 10.8. The number of nitrogens with one attached hydrogen (secondary N) is 1. The molecule has 0 saturated carbocycles. The summed E-state index contributed by atoms with van der Waals surface area (Å²) < 4.78 is 0.715. The lowest BCUT2D eigenvalue weighted by Gasteiger charge is -1.92. The fraction of sp³-hybridized carbons (Fsp3) is 0.143. The minimum atomic E-state index is -0.0272. The maximum absolute atomic E-state index is 8.81. The molecule has 2 aromatic rings. The molecule has 62 valence electrons. The number of H-pyrrole nitrogens is 1. The van der Waals surface area contributed by atoms with Crippen molar-refractivity contribution < 1.29 is 5.11 Å². The number of hydrogen-bond donors (Lipinski definition) is 2. The quantitative estimate of drug-likeness (QED) is 0.687. The third-order valence-corrected chi connectivity index (χ3v) is 2.65. The highest BCUT2D eigenvalue weighted by molar-refractivity contribution is 7.73. The molecule has 2 aromatic heterocycles. The van der Waals surface area contributed by atoms with E-state index in [1.165, 1.54) is 11.3 Å². The highest BCUT2D eigenvalue weighted by atomic mass is 32.1. The van der Waals surface area contributed by atoms with Gasteiger partial charge in [-0.2, -0.15) is 0 Å². The Morgan fingerprint density at radius 2 is 2.42 bits per heavy atom. The molecule has 2 heterocycles. The molecule has 0 atom stereocenters. The molecule has 0 radical (unpaired) electrons. The minimum absolute atomic E-state index is 0.0272. The van der Waals surface area contributed by atoms with Gasteiger partial charge < -0.3 is 10.1 Å². The molecule has 0 aliphatic heterocycles. The maximum atomic E-state index is 8.81. The van der Waals surface area contributed by atoms with E-state index < -0.39 is 0 Å². The van der Waals surface area contributed by atoms with Gasteiger partial charge in [-0.25, -0.2) is 4.98 Å². The van der Waals surface area contributed by atoms with Crippen LogP contribution in [0.15, 0.2) is 12.1 Å². The second-order valence-electron chi connectivity index (χ2n) is 2.33. The van der Waals surface area contributed by atoms with E-state index in [0.29, 0.717) is 9.65 Å². The molecule has 5 heteroatoms. The zero-order chi connectivity index (χ0) is 8.55. The van der Waals surface area contributed by atoms with Gasteiger partial charge >= 0.3 is 0 Å². The fourth-order valence-corrected chi connectivity index (χ4v) is 2.04. The Bertz CT molecular complexity index is 460. The lowest BCUT2D eigenvalue weighted by atomic mass is 10.3. The van der Waals surface area contributed by atoms with Crippen molar-refractivity contribution in [3.63, 3.8) is 0 Å². The van der Waals surface area contributed by atoms with Crippen molar-refractivity contribution in [1.29, 1.82) is 0 Å². The van der Waals surface area contributed by atoms with Gasteiger partial charge in [0, 0.05) is 0 Å². The van der Waals surface area contributed by atoms with E-state index in [9.17, 15) is 0 Å². The van der Waals surface area contributed by atoms with Gasteiger partial charge in [-0.1, -0.05) is 11.3 Å². The van der Waals surface area contributed by atoms with Crippen molar-refractivity contribution in [3.8, 4) is 0 Å². The van der Waals surface area contributed by atoms with Gasteiger partial charge in [-0.15, -0.1) is 0 Å². The van der Waals surface area contributed by atoms with Crippen LogP contribution in [0.3, 0.4) is 0 Å². The second-order valence-corrected chi connectivity index (χ2v) is 3.99. The van der Waals surface area contributed by atoms with Crippen molar-refractivity contribution in [1.82, 2.24) is 9.97 Å². The molecule has 0 aliphatic rings. The van der Waals surface area contributed by atoms with Crippen molar-refractivity contribution in [3.05, 3.63) is 21.8 Å². The van der Waals surface area contributed by atoms with Crippen LogP contribution in [0.4, 0.5) is 0 Å². The minimum Gasteiger partial charge on any atom is -0.390 e. The number of hydrogen-bond acceptors (Lipinski definition) is 4.